The molecule has 0 saturated carbocycles. The Labute approximate surface area is 90.9 Å². The van der Waals surface area contributed by atoms with Gasteiger partial charge in [0, 0.05) is 23.3 Å². The molecule has 3 nitrogen and oxygen atoms in total. The Balaban J connectivity index is 3.57. The van der Waals surface area contributed by atoms with Gasteiger partial charge in [-0.1, -0.05) is 0 Å². The second-order valence-corrected chi connectivity index (χ2v) is 4.44. The van der Waals surface area contributed by atoms with Crippen molar-refractivity contribution in [2.75, 3.05) is 0 Å². The number of nitrogens with zero attached hydrogens (tertiary/aromatic N) is 1. The number of hydrogen-bond acceptors (Lipinski definition) is 2. The van der Waals surface area contributed by atoms with Crippen LogP contribution >= 0.6 is 0 Å². The third kappa shape index (κ3) is 2.12. The lowest BCUT2D eigenvalue weighted by molar-refractivity contribution is 0.551. The number of aromatic nitrogens is 1. The SMILES string of the molecule is Cc1cc(C)n(C(C)C)c(=O)c1C(C)N. The van der Waals surface area contributed by atoms with Crippen LogP contribution in [0.1, 0.15) is 49.7 Å². The lowest BCUT2D eigenvalue weighted by atomic mass is 10.0. The molecule has 0 bridgehead atoms. The first-order valence-corrected chi connectivity index (χ1v) is 5.34. The van der Waals surface area contributed by atoms with Gasteiger partial charge in [-0.2, -0.15) is 0 Å². The fourth-order valence-corrected chi connectivity index (χ4v) is 2.11. The molecule has 1 aromatic rings. The van der Waals surface area contributed by atoms with Crippen LogP contribution in [0.3, 0.4) is 0 Å². The molecule has 0 radical (unpaired) electrons. The molecule has 1 rings (SSSR count). The zero-order valence-corrected chi connectivity index (χ0v) is 10.2. The molecule has 0 aliphatic heterocycles. The molecule has 84 valence electrons. The minimum Gasteiger partial charge on any atom is -0.324 e. The Morgan fingerprint density at radius 1 is 1.27 bits per heavy atom. The number of rotatable bonds is 2. The Morgan fingerprint density at radius 3 is 2.20 bits per heavy atom. The van der Waals surface area contributed by atoms with E-state index in [1.54, 1.807) is 4.57 Å². The van der Waals surface area contributed by atoms with E-state index in [1.807, 2.05) is 40.7 Å². The van der Waals surface area contributed by atoms with Gasteiger partial charge < -0.3 is 10.3 Å². The van der Waals surface area contributed by atoms with Gasteiger partial charge in [-0.05, 0) is 46.2 Å². The highest BCUT2D eigenvalue weighted by atomic mass is 16.1. The summed E-state index contributed by atoms with van der Waals surface area (Å²) in [7, 11) is 0. The maximum Gasteiger partial charge on any atom is 0.256 e. The van der Waals surface area contributed by atoms with Gasteiger partial charge in [0.2, 0.25) is 0 Å². The van der Waals surface area contributed by atoms with Crippen LogP contribution in [0.15, 0.2) is 10.9 Å². The molecular formula is C12H20N2O. The summed E-state index contributed by atoms with van der Waals surface area (Å²) in [6.45, 7) is 9.77. The molecule has 3 heteroatoms. The van der Waals surface area contributed by atoms with Crippen LogP contribution in [-0.2, 0) is 0 Å². The third-order valence-electron chi connectivity index (χ3n) is 2.65. The summed E-state index contributed by atoms with van der Waals surface area (Å²) in [4.78, 5) is 12.2. The van der Waals surface area contributed by atoms with Crippen molar-refractivity contribution < 1.29 is 0 Å². The van der Waals surface area contributed by atoms with E-state index in [9.17, 15) is 4.79 Å². The monoisotopic (exact) mass is 208 g/mol. The number of nitrogens with two attached hydrogens (primary N) is 1. The first kappa shape index (κ1) is 12.0. The molecule has 1 aromatic heterocycles. The van der Waals surface area contributed by atoms with Crippen molar-refractivity contribution in [1.29, 1.82) is 0 Å². The Bertz CT molecular complexity index is 381. The minimum absolute atomic E-state index is 0.0532. The van der Waals surface area contributed by atoms with Crippen molar-refractivity contribution >= 4 is 0 Å². The average Bonchev–Trinajstić information content (AvgIpc) is 1.99. The van der Waals surface area contributed by atoms with E-state index in [0.29, 0.717) is 0 Å². The van der Waals surface area contributed by atoms with Crippen LogP contribution in [0.5, 0.6) is 0 Å². The van der Waals surface area contributed by atoms with Crippen molar-refractivity contribution in [3.8, 4) is 0 Å². The quantitative estimate of drug-likeness (QED) is 0.808. The summed E-state index contributed by atoms with van der Waals surface area (Å²) in [6.07, 6.45) is 0. The van der Waals surface area contributed by atoms with E-state index in [4.69, 9.17) is 5.73 Å². The molecule has 0 aromatic carbocycles. The highest BCUT2D eigenvalue weighted by Crippen LogP contribution is 2.14. The molecule has 0 amide bonds. The second-order valence-electron chi connectivity index (χ2n) is 4.44. The molecule has 0 spiro atoms. The van der Waals surface area contributed by atoms with Gasteiger partial charge >= 0.3 is 0 Å². The maximum atomic E-state index is 12.2. The van der Waals surface area contributed by atoms with E-state index < -0.39 is 0 Å². The summed E-state index contributed by atoms with van der Waals surface area (Å²) in [5.41, 5.74) is 8.59. The van der Waals surface area contributed by atoms with Crippen LogP contribution < -0.4 is 11.3 Å². The van der Waals surface area contributed by atoms with Crippen LogP contribution in [-0.4, -0.2) is 4.57 Å². The summed E-state index contributed by atoms with van der Waals surface area (Å²) in [6, 6.07) is 2.00. The lowest BCUT2D eigenvalue weighted by Gasteiger charge is -2.18. The zero-order chi connectivity index (χ0) is 11.7. The molecule has 0 aliphatic carbocycles. The van der Waals surface area contributed by atoms with Gasteiger partial charge in [0.05, 0.1) is 0 Å². The van der Waals surface area contributed by atoms with Gasteiger partial charge in [0.15, 0.2) is 0 Å². The number of hydrogen-bond donors (Lipinski definition) is 1. The molecule has 0 aliphatic rings. The number of aryl methyl sites for hydroxylation is 2. The van der Waals surface area contributed by atoms with Gasteiger partial charge in [-0.25, -0.2) is 0 Å². The molecular weight excluding hydrogens is 188 g/mol. The summed E-state index contributed by atoms with van der Waals surface area (Å²) in [5.74, 6) is 0. The predicted molar refractivity (Wildman–Crippen MR) is 63.2 cm³/mol. The minimum atomic E-state index is -0.205. The summed E-state index contributed by atoms with van der Waals surface area (Å²) in [5, 5.41) is 0. The highest BCUT2D eigenvalue weighted by Gasteiger charge is 2.14. The Hall–Kier alpha value is -1.09. The van der Waals surface area contributed by atoms with E-state index in [1.165, 1.54) is 0 Å². The van der Waals surface area contributed by atoms with Crippen LogP contribution in [0.4, 0.5) is 0 Å². The van der Waals surface area contributed by atoms with Gasteiger partial charge in [0.25, 0.3) is 5.56 Å². The van der Waals surface area contributed by atoms with Crippen molar-refractivity contribution in [2.24, 2.45) is 5.73 Å². The van der Waals surface area contributed by atoms with Gasteiger partial charge in [0.1, 0.15) is 0 Å². The van der Waals surface area contributed by atoms with Crippen molar-refractivity contribution in [1.82, 2.24) is 4.57 Å². The second kappa shape index (κ2) is 4.19. The van der Waals surface area contributed by atoms with Crippen LogP contribution in [0.25, 0.3) is 0 Å². The molecule has 0 saturated heterocycles. The maximum absolute atomic E-state index is 12.2. The van der Waals surface area contributed by atoms with E-state index >= 15 is 0 Å². The van der Waals surface area contributed by atoms with Crippen molar-refractivity contribution in [3.63, 3.8) is 0 Å². The molecule has 0 fully saturated rings. The summed E-state index contributed by atoms with van der Waals surface area (Å²) >= 11 is 0. The normalized spacial score (nSPS) is 13.3. The average molecular weight is 208 g/mol. The van der Waals surface area contributed by atoms with E-state index in [-0.39, 0.29) is 17.6 Å². The fraction of sp³-hybridized carbons (Fsp3) is 0.583. The summed E-state index contributed by atoms with van der Waals surface area (Å²) < 4.78 is 1.80. The van der Waals surface area contributed by atoms with Crippen molar-refractivity contribution in [3.05, 3.63) is 33.2 Å². The Morgan fingerprint density at radius 2 is 1.80 bits per heavy atom. The van der Waals surface area contributed by atoms with Crippen molar-refractivity contribution in [2.45, 2.75) is 46.7 Å². The third-order valence-corrected chi connectivity index (χ3v) is 2.65. The van der Waals surface area contributed by atoms with E-state index in [0.717, 1.165) is 16.8 Å². The van der Waals surface area contributed by atoms with Crippen LogP contribution in [0.2, 0.25) is 0 Å². The predicted octanol–water partition coefficient (Wildman–Crippen LogP) is 2.07. The number of pyridine rings is 1. The largest absolute Gasteiger partial charge is 0.324 e. The first-order valence-electron chi connectivity index (χ1n) is 5.34. The molecule has 15 heavy (non-hydrogen) atoms. The van der Waals surface area contributed by atoms with Gasteiger partial charge in [-0.3, -0.25) is 4.79 Å². The Kier molecular flexibility index (Phi) is 3.35. The first-order chi connectivity index (χ1) is 6.86. The smallest absolute Gasteiger partial charge is 0.256 e. The zero-order valence-electron chi connectivity index (χ0n) is 10.2. The molecule has 1 heterocycles. The fourth-order valence-electron chi connectivity index (χ4n) is 2.11. The molecule has 2 N–H and O–H groups in total. The van der Waals surface area contributed by atoms with E-state index in [2.05, 4.69) is 0 Å². The highest BCUT2D eigenvalue weighted by molar-refractivity contribution is 5.28. The topological polar surface area (TPSA) is 48.0 Å². The molecule has 1 atom stereocenters. The van der Waals surface area contributed by atoms with Crippen LogP contribution in [0, 0.1) is 13.8 Å². The molecule has 1 unspecified atom stereocenters. The standard InChI is InChI=1S/C12H20N2O/c1-7(2)14-9(4)6-8(3)11(10(5)13)12(14)15/h6-7,10H,13H2,1-5H3. The lowest BCUT2D eigenvalue weighted by Crippen LogP contribution is -2.31. The van der Waals surface area contributed by atoms with Gasteiger partial charge in [-0.15, -0.1) is 0 Å².